The molecule has 0 fully saturated rings. The van der Waals surface area contributed by atoms with Gasteiger partial charge in [-0.3, -0.25) is 9.13 Å². The second-order valence-electron chi connectivity index (χ2n) is 13.3. The Kier molecular flexibility index (Phi) is 4.26. The summed E-state index contributed by atoms with van der Waals surface area (Å²) < 4.78 is 150. The first-order chi connectivity index (χ1) is 34.9. The molecule has 0 radical (unpaired) electrons. The summed E-state index contributed by atoms with van der Waals surface area (Å²) in [6.45, 7) is 0. The molecule has 4 heterocycles. The van der Waals surface area contributed by atoms with Crippen molar-refractivity contribution in [1.82, 2.24) is 24.1 Å². The number of hydrogen-bond acceptors (Lipinski definition) is 4. The van der Waals surface area contributed by atoms with Crippen LogP contribution in [0.4, 0.5) is 0 Å². The molecule has 6 heteroatoms. The van der Waals surface area contributed by atoms with E-state index in [2.05, 4.69) is 6.07 Å². The number of rotatable bonds is 5. The highest BCUT2D eigenvalue weighted by atomic mass is 16.3. The van der Waals surface area contributed by atoms with E-state index in [0.29, 0.717) is 5.56 Å². The zero-order chi connectivity index (χ0) is 51.4. The normalized spacial score (nSPS) is 15.8. The Bertz CT molecular complexity index is 4120. The van der Waals surface area contributed by atoms with E-state index in [4.69, 9.17) is 41.3 Å². The Morgan fingerprint density at radius 2 is 0.772 bits per heavy atom. The van der Waals surface area contributed by atoms with Gasteiger partial charge in [0.15, 0.2) is 5.82 Å². The van der Waals surface area contributed by atoms with Gasteiger partial charge in [0.05, 0.1) is 44.0 Å². The average Bonchev–Trinajstić information content (AvgIpc) is 4.09. The van der Waals surface area contributed by atoms with Crippen molar-refractivity contribution in [2.75, 3.05) is 0 Å². The third-order valence-electron chi connectivity index (χ3n) is 10.1. The fourth-order valence-electron chi connectivity index (χ4n) is 7.50. The molecule has 0 aliphatic heterocycles. The van der Waals surface area contributed by atoms with E-state index >= 15 is 0 Å². The summed E-state index contributed by atoms with van der Waals surface area (Å²) in [5.74, 6) is -1.07. The highest BCUT2D eigenvalue weighted by Gasteiger charge is 2.20. The van der Waals surface area contributed by atoms with E-state index in [-0.39, 0.29) is 49.4 Å². The molecule has 0 amide bonds. The molecule has 6 nitrogen and oxygen atoms in total. The molecule has 12 aromatic rings. The Balaban J connectivity index is 1.11. The summed E-state index contributed by atoms with van der Waals surface area (Å²) in [6.07, 6.45) is 0. The lowest BCUT2D eigenvalue weighted by Gasteiger charge is -2.13. The summed E-state index contributed by atoms with van der Waals surface area (Å²) in [5, 5.41) is 0.964. The Morgan fingerprint density at radius 3 is 1.28 bits per heavy atom. The summed E-state index contributed by atoms with van der Waals surface area (Å²) in [7, 11) is 0. The second-order valence-corrected chi connectivity index (χ2v) is 13.3. The highest BCUT2D eigenvalue weighted by molar-refractivity contribution is 6.10. The van der Waals surface area contributed by atoms with Gasteiger partial charge in [-0.2, -0.15) is 15.0 Å². The summed E-state index contributed by atoms with van der Waals surface area (Å²) in [5.41, 5.74) is 4.22. The topological polar surface area (TPSA) is 61.7 Å². The molecule has 0 unspecified atom stereocenters. The van der Waals surface area contributed by atoms with Crippen LogP contribution in [0, 0.1) is 0 Å². The van der Waals surface area contributed by atoms with Crippen LogP contribution in [0.25, 0.3) is 111 Å². The first-order valence-corrected chi connectivity index (χ1v) is 17.8. The van der Waals surface area contributed by atoms with Gasteiger partial charge in [-0.15, -0.1) is 0 Å². The van der Waals surface area contributed by atoms with Crippen LogP contribution in [0.15, 0.2) is 192 Å². The first-order valence-electron chi connectivity index (χ1n) is 25.8. The van der Waals surface area contributed by atoms with Crippen LogP contribution < -0.4 is 0 Å². The lowest BCUT2D eigenvalue weighted by molar-refractivity contribution is 0.669. The quantitative estimate of drug-likeness (QED) is 0.176. The molecule has 266 valence electrons. The SMILES string of the molecule is [2H]c1c([2H])c([2H])c2c(c1[2H])c1c([2H])c([2H])c([2H])c([2H])c1n2-c1nc(-c2ccc(-c3ccc(-c4ccc5oc6ccccc6c5c4)cc3)cc2)nc(-n2c3c([2H])c([2H])c([2H])c([2H])c3c3c([2H])c([2H])c([2H])c([2H])c32)n1. The van der Waals surface area contributed by atoms with Gasteiger partial charge in [-0.05, 0) is 64.6 Å². The average molecular weight is 746 g/mol. The molecule has 12 rings (SSSR count). The molecule has 0 atom stereocenters. The van der Waals surface area contributed by atoms with E-state index in [1.165, 1.54) is 0 Å². The Morgan fingerprint density at radius 1 is 0.368 bits per heavy atom. The highest BCUT2D eigenvalue weighted by Crippen LogP contribution is 2.36. The monoisotopic (exact) mass is 745 g/mol. The van der Waals surface area contributed by atoms with E-state index < -0.39 is 109 Å². The molecule has 0 bridgehead atoms. The van der Waals surface area contributed by atoms with Gasteiger partial charge in [-0.1, -0.05) is 145 Å². The van der Waals surface area contributed by atoms with Crippen LogP contribution in [-0.2, 0) is 0 Å². The number of benzene rings is 8. The predicted molar refractivity (Wildman–Crippen MR) is 232 cm³/mol. The largest absolute Gasteiger partial charge is 0.456 e. The number of hydrogen-bond donors (Lipinski definition) is 0. The third kappa shape index (κ3) is 4.94. The van der Waals surface area contributed by atoms with Gasteiger partial charge in [0, 0.05) is 37.9 Å². The van der Waals surface area contributed by atoms with Crippen molar-refractivity contribution in [2.45, 2.75) is 0 Å². The lowest BCUT2D eigenvalue weighted by Crippen LogP contribution is -2.10. The van der Waals surface area contributed by atoms with Crippen LogP contribution in [0.3, 0.4) is 0 Å². The molecular formula is C51H31N5O. The van der Waals surface area contributed by atoms with Gasteiger partial charge in [0.1, 0.15) is 11.2 Å². The zero-order valence-corrected chi connectivity index (χ0v) is 29.3. The molecule has 0 saturated carbocycles. The minimum absolute atomic E-state index is 0.141. The third-order valence-corrected chi connectivity index (χ3v) is 10.1. The lowest BCUT2D eigenvalue weighted by atomic mass is 9.98. The van der Waals surface area contributed by atoms with Crippen molar-refractivity contribution >= 4 is 65.6 Å². The van der Waals surface area contributed by atoms with E-state index in [1.807, 2.05) is 60.7 Å². The molecule has 0 saturated heterocycles. The first kappa shape index (κ1) is 19.7. The smallest absolute Gasteiger partial charge is 0.240 e. The molecule has 0 spiro atoms. The molecule has 57 heavy (non-hydrogen) atoms. The van der Waals surface area contributed by atoms with Crippen molar-refractivity contribution in [3.05, 3.63) is 188 Å². The maximum Gasteiger partial charge on any atom is 0.240 e. The molecule has 0 N–H and O–H groups in total. The summed E-state index contributed by atoms with van der Waals surface area (Å²) in [6, 6.07) is 18.4. The fourth-order valence-corrected chi connectivity index (χ4v) is 7.50. The van der Waals surface area contributed by atoms with Crippen molar-refractivity contribution in [1.29, 1.82) is 0 Å². The van der Waals surface area contributed by atoms with Crippen molar-refractivity contribution < 1.29 is 26.3 Å². The van der Waals surface area contributed by atoms with E-state index in [9.17, 15) is 0 Å². The molecular weight excluding hydrogens is 699 g/mol. The van der Waals surface area contributed by atoms with E-state index in [1.54, 1.807) is 24.3 Å². The summed E-state index contributed by atoms with van der Waals surface area (Å²) in [4.78, 5) is 14.4. The molecule has 0 aliphatic rings. The van der Waals surface area contributed by atoms with Crippen LogP contribution >= 0.6 is 0 Å². The number of furan rings is 1. The zero-order valence-electron chi connectivity index (χ0n) is 45.3. The van der Waals surface area contributed by atoms with Crippen LogP contribution in [0.5, 0.6) is 0 Å². The van der Waals surface area contributed by atoms with E-state index in [0.717, 1.165) is 53.3 Å². The Hall–Kier alpha value is -7.83. The standard InChI is InChI=1S/C51H31N5O/c1-6-16-43-37(11-1)38-12-2-7-17-44(38)55(43)50-52-49(53-51(54-50)56-45-18-8-3-13-39(45)40-14-4-9-19-46(40)56)35-27-25-33(26-28-35)32-21-23-34(24-22-32)36-29-30-48-42(31-36)41-15-5-10-20-47(41)57-48/h1-31H/i1D,2D,3D,4D,6D,7D,8D,9D,11D,12D,13D,14D,16D,17D,18D,19D. The van der Waals surface area contributed by atoms with Gasteiger partial charge in [-0.25, -0.2) is 0 Å². The fraction of sp³-hybridized carbons (Fsp3) is 0. The van der Waals surface area contributed by atoms with Crippen LogP contribution in [0.2, 0.25) is 0 Å². The maximum absolute atomic E-state index is 9.16. The minimum atomic E-state index is -0.697. The van der Waals surface area contributed by atoms with Gasteiger partial charge < -0.3 is 4.42 Å². The molecule has 0 aliphatic carbocycles. The minimum Gasteiger partial charge on any atom is -0.456 e. The van der Waals surface area contributed by atoms with Crippen molar-refractivity contribution in [3.63, 3.8) is 0 Å². The Labute approximate surface area is 349 Å². The number of nitrogens with zero attached hydrogens (tertiary/aromatic N) is 5. The van der Waals surface area contributed by atoms with Crippen molar-refractivity contribution in [3.8, 4) is 45.5 Å². The number of aromatic nitrogens is 5. The van der Waals surface area contributed by atoms with Gasteiger partial charge in [0.25, 0.3) is 0 Å². The number of para-hydroxylation sites is 5. The van der Waals surface area contributed by atoms with Crippen LogP contribution in [0.1, 0.15) is 21.9 Å². The predicted octanol–water partition coefficient (Wildman–Crippen LogP) is 13.0. The summed E-state index contributed by atoms with van der Waals surface area (Å²) >= 11 is 0. The van der Waals surface area contributed by atoms with Gasteiger partial charge in [0.2, 0.25) is 11.9 Å². The molecule has 4 aromatic heterocycles. The van der Waals surface area contributed by atoms with Gasteiger partial charge >= 0.3 is 0 Å². The maximum atomic E-state index is 9.16. The van der Waals surface area contributed by atoms with Crippen molar-refractivity contribution in [2.24, 2.45) is 0 Å². The number of fused-ring (bicyclic) bond motifs is 9. The molecule has 8 aromatic carbocycles. The van der Waals surface area contributed by atoms with Crippen LogP contribution in [-0.4, -0.2) is 24.1 Å². The second kappa shape index (κ2) is 12.3.